The molecule has 0 aromatic heterocycles. The smallest absolute Gasteiger partial charge is 0.387 e. The van der Waals surface area contributed by atoms with E-state index in [9.17, 15) is 8.78 Å². The Hall–Kier alpha value is -2.74. The monoisotopic (exact) mass is 442 g/mol. The lowest BCUT2D eigenvalue weighted by Crippen LogP contribution is -2.42. The molecule has 1 heterocycles. The fourth-order valence-electron chi connectivity index (χ4n) is 4.21. The number of ether oxygens (including phenoxy) is 3. The van der Waals surface area contributed by atoms with Gasteiger partial charge in [0.2, 0.25) is 0 Å². The molecular weight excluding hydrogens is 414 g/mol. The van der Waals surface area contributed by atoms with Crippen molar-refractivity contribution in [2.45, 2.75) is 19.2 Å². The zero-order valence-electron chi connectivity index (χ0n) is 18.1. The molecule has 0 aliphatic carbocycles. The number of alkyl halides is 2. The van der Waals surface area contributed by atoms with Crippen molar-refractivity contribution in [2.24, 2.45) is 0 Å². The van der Waals surface area contributed by atoms with Crippen LogP contribution in [0.2, 0.25) is 0 Å². The molecule has 7 heteroatoms. The number of fused-ring (bicyclic) bond motifs is 1. The van der Waals surface area contributed by atoms with E-state index in [0.29, 0.717) is 26.3 Å². The van der Waals surface area contributed by atoms with Crippen LogP contribution in [0.3, 0.4) is 0 Å². The fourth-order valence-corrected chi connectivity index (χ4v) is 4.21. The summed E-state index contributed by atoms with van der Waals surface area (Å²) in [5, 5.41) is 5.39. The van der Waals surface area contributed by atoms with Crippen LogP contribution < -0.4 is 14.8 Å². The van der Waals surface area contributed by atoms with Crippen molar-refractivity contribution in [3.63, 3.8) is 0 Å². The summed E-state index contributed by atoms with van der Waals surface area (Å²) in [5.41, 5.74) is 1.90. The summed E-state index contributed by atoms with van der Waals surface area (Å²) in [6, 6.07) is 19.4. The average Bonchev–Trinajstić information content (AvgIpc) is 2.83. The molecule has 0 bridgehead atoms. The van der Waals surface area contributed by atoms with Gasteiger partial charge in [-0.2, -0.15) is 8.78 Å². The molecule has 0 spiro atoms. The standard InChI is InChI=1S/C25H28F2N2O3/c1-30-20-9-6-19(7-10-20)23(29-12-14-31-15-13-29)17-28-16-22-21-5-3-2-4-18(21)8-11-24(22)32-25(26)27/h2-11,23,25,28H,12-17H2,1H3. The van der Waals surface area contributed by atoms with Gasteiger partial charge in [0.25, 0.3) is 0 Å². The second kappa shape index (κ2) is 10.7. The van der Waals surface area contributed by atoms with Gasteiger partial charge in [0.05, 0.1) is 20.3 Å². The number of halogens is 2. The SMILES string of the molecule is COc1ccc(C(CNCc2c(OC(F)F)ccc3ccccc23)N2CCOCC2)cc1. The first-order chi connectivity index (χ1) is 15.7. The highest BCUT2D eigenvalue weighted by molar-refractivity contribution is 5.87. The number of nitrogens with zero attached hydrogens (tertiary/aromatic N) is 1. The Morgan fingerprint density at radius 3 is 2.47 bits per heavy atom. The molecule has 0 saturated carbocycles. The molecule has 1 N–H and O–H groups in total. The van der Waals surface area contributed by atoms with E-state index in [2.05, 4.69) is 22.3 Å². The van der Waals surface area contributed by atoms with Gasteiger partial charge in [-0.1, -0.05) is 42.5 Å². The molecule has 1 unspecified atom stereocenters. The van der Waals surface area contributed by atoms with Gasteiger partial charge in [-0.3, -0.25) is 4.90 Å². The van der Waals surface area contributed by atoms with Crippen LogP contribution in [0.4, 0.5) is 8.78 Å². The van der Waals surface area contributed by atoms with E-state index in [-0.39, 0.29) is 11.8 Å². The molecule has 1 aliphatic rings. The molecule has 32 heavy (non-hydrogen) atoms. The number of nitrogens with one attached hydrogen (secondary N) is 1. The van der Waals surface area contributed by atoms with Crippen LogP contribution in [0.5, 0.6) is 11.5 Å². The summed E-state index contributed by atoms with van der Waals surface area (Å²) in [5.74, 6) is 1.02. The van der Waals surface area contributed by atoms with E-state index in [1.807, 2.05) is 42.5 Å². The second-order valence-corrected chi connectivity index (χ2v) is 7.71. The predicted octanol–water partition coefficient (Wildman–Crippen LogP) is 4.61. The first kappa shape index (κ1) is 22.5. The molecule has 1 aliphatic heterocycles. The molecular formula is C25H28F2N2O3. The maximum Gasteiger partial charge on any atom is 0.387 e. The number of hydrogen-bond acceptors (Lipinski definition) is 5. The maximum atomic E-state index is 13.0. The summed E-state index contributed by atoms with van der Waals surface area (Å²) in [4.78, 5) is 2.39. The molecule has 3 aromatic carbocycles. The lowest BCUT2D eigenvalue weighted by atomic mass is 10.0. The molecule has 0 amide bonds. The van der Waals surface area contributed by atoms with E-state index < -0.39 is 6.61 Å². The predicted molar refractivity (Wildman–Crippen MR) is 120 cm³/mol. The van der Waals surface area contributed by atoms with Gasteiger partial charge in [0.15, 0.2) is 0 Å². The summed E-state index contributed by atoms with van der Waals surface area (Å²) < 4.78 is 41.7. The van der Waals surface area contributed by atoms with Crippen molar-refractivity contribution in [1.29, 1.82) is 0 Å². The van der Waals surface area contributed by atoms with Crippen molar-refractivity contribution in [3.8, 4) is 11.5 Å². The lowest BCUT2D eigenvalue weighted by molar-refractivity contribution is -0.0504. The van der Waals surface area contributed by atoms with Crippen LogP contribution >= 0.6 is 0 Å². The van der Waals surface area contributed by atoms with Crippen LogP contribution in [0.15, 0.2) is 60.7 Å². The molecule has 1 fully saturated rings. The number of hydrogen-bond donors (Lipinski definition) is 1. The Kier molecular flexibility index (Phi) is 7.52. The van der Waals surface area contributed by atoms with E-state index >= 15 is 0 Å². The van der Waals surface area contributed by atoms with Crippen molar-refractivity contribution in [3.05, 3.63) is 71.8 Å². The first-order valence-electron chi connectivity index (χ1n) is 10.8. The Balaban J connectivity index is 1.55. The molecule has 1 saturated heterocycles. The van der Waals surface area contributed by atoms with E-state index in [1.54, 1.807) is 13.2 Å². The molecule has 0 radical (unpaired) electrons. The van der Waals surface area contributed by atoms with Crippen molar-refractivity contribution >= 4 is 10.8 Å². The van der Waals surface area contributed by atoms with Crippen molar-refractivity contribution in [2.75, 3.05) is 40.0 Å². The molecule has 4 rings (SSSR count). The Morgan fingerprint density at radius 1 is 1.00 bits per heavy atom. The Labute approximate surface area is 186 Å². The fraction of sp³-hybridized carbons (Fsp3) is 0.360. The highest BCUT2D eigenvalue weighted by Gasteiger charge is 2.23. The van der Waals surface area contributed by atoms with E-state index in [4.69, 9.17) is 14.2 Å². The summed E-state index contributed by atoms with van der Waals surface area (Å²) in [6.07, 6.45) is 0. The zero-order valence-corrected chi connectivity index (χ0v) is 18.1. The van der Waals surface area contributed by atoms with E-state index in [1.165, 1.54) is 5.56 Å². The minimum atomic E-state index is -2.87. The molecule has 5 nitrogen and oxygen atoms in total. The molecule has 3 aromatic rings. The largest absolute Gasteiger partial charge is 0.497 e. The number of rotatable bonds is 9. The average molecular weight is 443 g/mol. The number of benzene rings is 3. The summed E-state index contributed by atoms with van der Waals surface area (Å²) in [6.45, 7) is 1.28. The van der Waals surface area contributed by atoms with Gasteiger partial charge in [-0.05, 0) is 34.5 Å². The Morgan fingerprint density at radius 2 is 1.75 bits per heavy atom. The van der Waals surface area contributed by atoms with Gasteiger partial charge in [0.1, 0.15) is 11.5 Å². The number of methoxy groups -OCH3 is 1. The molecule has 1 atom stereocenters. The maximum absolute atomic E-state index is 13.0. The third-order valence-electron chi connectivity index (χ3n) is 5.84. The van der Waals surface area contributed by atoms with E-state index in [0.717, 1.165) is 35.2 Å². The van der Waals surface area contributed by atoms with Crippen LogP contribution in [0.1, 0.15) is 17.2 Å². The number of morpholine rings is 1. The second-order valence-electron chi connectivity index (χ2n) is 7.71. The van der Waals surface area contributed by atoms with Gasteiger partial charge in [-0.15, -0.1) is 0 Å². The summed E-state index contributed by atoms with van der Waals surface area (Å²) in [7, 11) is 1.65. The third-order valence-corrected chi connectivity index (χ3v) is 5.84. The van der Waals surface area contributed by atoms with Crippen LogP contribution in [-0.4, -0.2) is 51.5 Å². The minimum absolute atomic E-state index is 0.124. The van der Waals surface area contributed by atoms with Gasteiger partial charge in [-0.25, -0.2) is 0 Å². The van der Waals surface area contributed by atoms with Gasteiger partial charge < -0.3 is 19.5 Å². The van der Waals surface area contributed by atoms with Crippen molar-refractivity contribution in [1.82, 2.24) is 10.2 Å². The first-order valence-corrected chi connectivity index (χ1v) is 10.8. The summed E-state index contributed by atoms with van der Waals surface area (Å²) >= 11 is 0. The lowest BCUT2D eigenvalue weighted by Gasteiger charge is -2.35. The quantitative estimate of drug-likeness (QED) is 0.524. The zero-order chi connectivity index (χ0) is 22.3. The Bertz CT molecular complexity index is 1010. The highest BCUT2D eigenvalue weighted by atomic mass is 19.3. The van der Waals surface area contributed by atoms with Crippen LogP contribution in [-0.2, 0) is 11.3 Å². The third kappa shape index (κ3) is 5.35. The van der Waals surface area contributed by atoms with Gasteiger partial charge >= 0.3 is 6.61 Å². The van der Waals surface area contributed by atoms with Crippen LogP contribution in [0, 0.1) is 0 Å². The topological polar surface area (TPSA) is 43.0 Å². The normalized spacial score (nSPS) is 15.8. The highest BCUT2D eigenvalue weighted by Crippen LogP contribution is 2.30. The minimum Gasteiger partial charge on any atom is -0.497 e. The molecule has 170 valence electrons. The van der Waals surface area contributed by atoms with Crippen molar-refractivity contribution < 1.29 is 23.0 Å². The van der Waals surface area contributed by atoms with Crippen LogP contribution in [0.25, 0.3) is 10.8 Å². The van der Waals surface area contributed by atoms with Gasteiger partial charge in [0, 0.05) is 37.8 Å².